The fraction of sp³-hybridized carbons (Fsp3) is 0.316. The van der Waals surface area contributed by atoms with Crippen molar-refractivity contribution >= 4 is 11.6 Å². The number of aryl methyl sites for hydroxylation is 2. The van der Waals surface area contributed by atoms with Crippen LogP contribution in [0.3, 0.4) is 0 Å². The van der Waals surface area contributed by atoms with Gasteiger partial charge in [-0.05, 0) is 43.2 Å². The number of rotatable bonds is 6. The summed E-state index contributed by atoms with van der Waals surface area (Å²) in [4.78, 5) is 13.4. The van der Waals surface area contributed by atoms with Crippen LogP contribution in [0.15, 0.2) is 42.5 Å². The van der Waals surface area contributed by atoms with Crippen LogP contribution in [0.25, 0.3) is 0 Å². The molecule has 1 amide bonds. The monoisotopic (exact) mass is 313 g/mol. The lowest BCUT2D eigenvalue weighted by molar-refractivity contribution is -0.885. The summed E-state index contributed by atoms with van der Waals surface area (Å²) in [6.45, 7) is 5.22. The van der Waals surface area contributed by atoms with Crippen LogP contribution >= 0.6 is 0 Å². The van der Waals surface area contributed by atoms with Crippen LogP contribution in [0.2, 0.25) is 0 Å². The number of carbonyl (C=O) groups excluding carboxylic acids is 1. The van der Waals surface area contributed by atoms with Crippen LogP contribution in [-0.4, -0.2) is 26.6 Å². The molecule has 2 rings (SSSR count). The maximum absolute atomic E-state index is 12.2. The molecule has 0 aliphatic heterocycles. The minimum absolute atomic E-state index is 0.0269. The second-order valence-corrected chi connectivity index (χ2v) is 6.03. The van der Waals surface area contributed by atoms with Crippen molar-refractivity contribution < 1.29 is 14.4 Å². The number of likely N-dealkylation sites (N-methyl/N-ethyl adjacent to an activating group) is 1. The van der Waals surface area contributed by atoms with Gasteiger partial charge in [-0.2, -0.15) is 0 Å². The summed E-state index contributed by atoms with van der Waals surface area (Å²) >= 11 is 0. The Morgan fingerprint density at radius 2 is 1.96 bits per heavy atom. The van der Waals surface area contributed by atoms with Crippen molar-refractivity contribution in [3.8, 4) is 5.75 Å². The number of carbonyl (C=O) groups is 1. The Balaban J connectivity index is 1.92. The largest absolute Gasteiger partial charge is 0.497 e. The summed E-state index contributed by atoms with van der Waals surface area (Å²) in [5.41, 5.74) is 4.27. The van der Waals surface area contributed by atoms with E-state index in [2.05, 4.69) is 11.4 Å². The molecule has 0 aromatic heterocycles. The molecule has 0 bridgehead atoms. The highest BCUT2D eigenvalue weighted by molar-refractivity contribution is 5.92. The number of ether oxygens (including phenoxy) is 1. The van der Waals surface area contributed by atoms with Gasteiger partial charge in [0.15, 0.2) is 6.54 Å². The molecule has 0 heterocycles. The van der Waals surface area contributed by atoms with Gasteiger partial charge in [0.05, 0.1) is 14.2 Å². The number of nitrogens with one attached hydrogen (secondary N) is 2. The Morgan fingerprint density at radius 1 is 1.17 bits per heavy atom. The van der Waals surface area contributed by atoms with Gasteiger partial charge in [0.2, 0.25) is 0 Å². The second-order valence-electron chi connectivity index (χ2n) is 6.03. The first-order chi connectivity index (χ1) is 11.0. The van der Waals surface area contributed by atoms with Gasteiger partial charge in [0.25, 0.3) is 5.91 Å². The maximum Gasteiger partial charge on any atom is 0.279 e. The summed E-state index contributed by atoms with van der Waals surface area (Å²) in [5.74, 6) is 0.870. The summed E-state index contributed by atoms with van der Waals surface area (Å²) in [6.07, 6.45) is 0. The number of benzene rings is 2. The molecule has 0 spiro atoms. The Labute approximate surface area is 138 Å². The zero-order chi connectivity index (χ0) is 16.8. The molecule has 2 aromatic rings. The van der Waals surface area contributed by atoms with Crippen molar-refractivity contribution in [3.63, 3.8) is 0 Å². The summed E-state index contributed by atoms with van der Waals surface area (Å²) in [5, 5.41) is 3.01. The molecule has 4 nitrogen and oxygen atoms in total. The number of hydrogen-bond acceptors (Lipinski definition) is 2. The molecule has 0 fully saturated rings. The van der Waals surface area contributed by atoms with Crippen LogP contribution in [-0.2, 0) is 11.3 Å². The molecule has 0 radical (unpaired) electrons. The molecular formula is C19H25N2O2+. The van der Waals surface area contributed by atoms with E-state index in [1.54, 1.807) is 7.11 Å². The molecule has 1 atom stereocenters. The Bertz CT molecular complexity index is 683. The minimum Gasteiger partial charge on any atom is -0.497 e. The van der Waals surface area contributed by atoms with Crippen LogP contribution in [0.5, 0.6) is 5.75 Å². The highest BCUT2D eigenvalue weighted by atomic mass is 16.5. The summed E-state index contributed by atoms with van der Waals surface area (Å²) in [7, 11) is 3.68. The van der Waals surface area contributed by atoms with Gasteiger partial charge < -0.3 is 15.0 Å². The first kappa shape index (κ1) is 17.0. The van der Waals surface area contributed by atoms with Crippen molar-refractivity contribution in [2.24, 2.45) is 0 Å². The Hall–Kier alpha value is -2.33. The molecular weight excluding hydrogens is 288 g/mol. The third kappa shape index (κ3) is 5.11. The molecule has 0 aliphatic rings. The Morgan fingerprint density at radius 3 is 2.70 bits per heavy atom. The predicted molar refractivity (Wildman–Crippen MR) is 93.0 cm³/mol. The van der Waals surface area contributed by atoms with Crippen LogP contribution in [0, 0.1) is 13.8 Å². The van der Waals surface area contributed by atoms with E-state index in [4.69, 9.17) is 4.74 Å². The number of hydrogen-bond donors (Lipinski definition) is 2. The van der Waals surface area contributed by atoms with Gasteiger partial charge in [0, 0.05) is 11.3 Å². The van der Waals surface area contributed by atoms with Crippen LogP contribution in [0.1, 0.15) is 16.7 Å². The average Bonchev–Trinajstić information content (AvgIpc) is 2.50. The van der Waals surface area contributed by atoms with Crippen molar-refractivity contribution in [1.82, 2.24) is 0 Å². The summed E-state index contributed by atoms with van der Waals surface area (Å²) < 4.78 is 5.23. The van der Waals surface area contributed by atoms with Crippen molar-refractivity contribution in [1.29, 1.82) is 0 Å². The first-order valence-corrected chi connectivity index (χ1v) is 7.79. The quantitative estimate of drug-likeness (QED) is 0.856. The van der Waals surface area contributed by atoms with Crippen molar-refractivity contribution in [3.05, 3.63) is 59.2 Å². The zero-order valence-corrected chi connectivity index (χ0v) is 14.3. The lowest BCUT2D eigenvalue weighted by Gasteiger charge is -2.15. The SMILES string of the molecule is COc1cccc(C[NH+](C)CC(=O)Nc2cc(C)ccc2C)c1. The number of quaternary nitrogens is 1. The van der Waals surface area contributed by atoms with E-state index in [0.29, 0.717) is 6.54 Å². The highest BCUT2D eigenvalue weighted by Gasteiger charge is 2.12. The maximum atomic E-state index is 12.2. The molecule has 2 N–H and O–H groups in total. The predicted octanol–water partition coefficient (Wildman–Crippen LogP) is 1.97. The molecule has 0 saturated heterocycles. The van der Waals surface area contributed by atoms with E-state index < -0.39 is 0 Å². The lowest BCUT2D eigenvalue weighted by atomic mass is 10.1. The second kappa shape index (κ2) is 7.79. The topological polar surface area (TPSA) is 42.8 Å². The summed E-state index contributed by atoms with van der Waals surface area (Å²) in [6, 6.07) is 14.0. The molecule has 1 unspecified atom stereocenters. The molecule has 2 aromatic carbocycles. The van der Waals surface area contributed by atoms with Gasteiger partial charge in [-0.1, -0.05) is 24.3 Å². The molecule has 0 saturated carbocycles. The van der Waals surface area contributed by atoms with E-state index in [0.717, 1.165) is 39.6 Å². The van der Waals surface area contributed by atoms with Crippen molar-refractivity contribution in [2.75, 3.05) is 26.0 Å². The number of anilines is 1. The van der Waals surface area contributed by atoms with E-state index in [1.807, 2.05) is 57.3 Å². The molecule has 122 valence electrons. The van der Waals surface area contributed by atoms with E-state index >= 15 is 0 Å². The van der Waals surface area contributed by atoms with Crippen LogP contribution in [0.4, 0.5) is 5.69 Å². The standard InChI is InChI=1S/C19H24N2O2/c1-14-8-9-15(2)18(10-14)20-19(22)13-21(3)12-16-6-5-7-17(11-16)23-4/h5-11H,12-13H2,1-4H3,(H,20,22)/p+1. The molecule has 23 heavy (non-hydrogen) atoms. The fourth-order valence-electron chi connectivity index (χ4n) is 2.53. The first-order valence-electron chi connectivity index (χ1n) is 7.79. The minimum atomic E-state index is 0.0269. The van der Waals surface area contributed by atoms with Gasteiger partial charge in [-0.15, -0.1) is 0 Å². The van der Waals surface area contributed by atoms with E-state index in [9.17, 15) is 4.79 Å². The van der Waals surface area contributed by atoms with Gasteiger partial charge in [-0.3, -0.25) is 4.79 Å². The third-order valence-electron chi connectivity index (χ3n) is 3.77. The number of methoxy groups -OCH3 is 1. The van der Waals surface area contributed by atoms with E-state index in [1.165, 1.54) is 0 Å². The molecule has 4 heteroatoms. The van der Waals surface area contributed by atoms with Gasteiger partial charge in [0.1, 0.15) is 12.3 Å². The average molecular weight is 313 g/mol. The van der Waals surface area contributed by atoms with Gasteiger partial charge in [-0.25, -0.2) is 0 Å². The van der Waals surface area contributed by atoms with Gasteiger partial charge >= 0.3 is 0 Å². The lowest BCUT2D eigenvalue weighted by Crippen LogP contribution is -3.08. The zero-order valence-electron chi connectivity index (χ0n) is 14.3. The Kier molecular flexibility index (Phi) is 5.77. The van der Waals surface area contributed by atoms with Crippen LogP contribution < -0.4 is 15.0 Å². The van der Waals surface area contributed by atoms with Crippen molar-refractivity contribution in [2.45, 2.75) is 20.4 Å². The normalized spacial score (nSPS) is 11.8. The fourth-order valence-corrected chi connectivity index (χ4v) is 2.53. The molecule has 0 aliphatic carbocycles. The van der Waals surface area contributed by atoms with E-state index in [-0.39, 0.29) is 5.91 Å². The number of amides is 1. The highest BCUT2D eigenvalue weighted by Crippen LogP contribution is 2.16. The third-order valence-corrected chi connectivity index (χ3v) is 3.77. The smallest absolute Gasteiger partial charge is 0.279 e.